The summed E-state index contributed by atoms with van der Waals surface area (Å²) in [5, 5.41) is 8.28. The zero-order valence-electron chi connectivity index (χ0n) is 13.7. The van der Waals surface area contributed by atoms with Crippen molar-refractivity contribution in [2.75, 3.05) is 43.4 Å². The molecule has 0 saturated carbocycles. The summed E-state index contributed by atoms with van der Waals surface area (Å²) in [5.41, 5.74) is 0. The minimum absolute atomic E-state index is 0. The van der Waals surface area contributed by atoms with Gasteiger partial charge in [-0.15, -0.1) is 35.3 Å². The molecule has 6 nitrogen and oxygen atoms in total. The largest absolute Gasteiger partial charge is 0.357 e. The van der Waals surface area contributed by atoms with Crippen LogP contribution >= 0.6 is 47.1 Å². The van der Waals surface area contributed by atoms with Crippen molar-refractivity contribution in [3.8, 4) is 0 Å². The summed E-state index contributed by atoms with van der Waals surface area (Å²) in [6.07, 6.45) is 0. The van der Waals surface area contributed by atoms with Gasteiger partial charge < -0.3 is 10.6 Å². The third kappa shape index (κ3) is 7.46. The van der Waals surface area contributed by atoms with Crippen LogP contribution in [0.2, 0.25) is 0 Å². The Morgan fingerprint density at radius 2 is 2.08 bits per heavy atom. The zero-order valence-corrected chi connectivity index (χ0v) is 18.5. The third-order valence-electron chi connectivity index (χ3n) is 3.33. The molecule has 1 fully saturated rings. The Morgan fingerprint density at radius 1 is 1.33 bits per heavy atom. The molecule has 0 amide bonds. The minimum Gasteiger partial charge on any atom is -0.357 e. The van der Waals surface area contributed by atoms with Crippen molar-refractivity contribution < 1.29 is 8.42 Å². The number of aliphatic imine (C=N–C) groups is 1. The molecule has 0 aromatic carbocycles. The van der Waals surface area contributed by atoms with Crippen LogP contribution in [0.1, 0.15) is 11.8 Å². The van der Waals surface area contributed by atoms with Crippen molar-refractivity contribution in [2.45, 2.75) is 13.5 Å². The molecule has 0 atom stereocenters. The molecule has 0 bridgehead atoms. The highest BCUT2D eigenvalue weighted by molar-refractivity contribution is 14.0. The molecule has 2 N–H and O–H groups in total. The Morgan fingerprint density at radius 3 is 2.71 bits per heavy atom. The van der Waals surface area contributed by atoms with E-state index in [1.54, 1.807) is 27.4 Å². The second-order valence-corrected chi connectivity index (χ2v) is 9.37. The molecule has 10 heteroatoms. The summed E-state index contributed by atoms with van der Waals surface area (Å²) >= 11 is 3.47. The highest BCUT2D eigenvalue weighted by Gasteiger charge is 2.23. The van der Waals surface area contributed by atoms with Gasteiger partial charge in [-0.2, -0.15) is 11.8 Å². The number of hydrogen-bond acceptors (Lipinski definition) is 5. The monoisotopic (exact) mass is 504 g/mol. The van der Waals surface area contributed by atoms with Gasteiger partial charge in [0.15, 0.2) is 5.96 Å². The summed E-state index contributed by atoms with van der Waals surface area (Å²) < 4.78 is 26.2. The van der Waals surface area contributed by atoms with E-state index in [9.17, 15) is 8.42 Å². The van der Waals surface area contributed by atoms with Gasteiger partial charge in [-0.05, 0) is 18.4 Å². The molecule has 2 rings (SSSR count). The maximum atomic E-state index is 12.3. The first-order valence-corrected chi connectivity index (χ1v) is 11.4. The summed E-state index contributed by atoms with van der Waals surface area (Å²) in [4.78, 5) is 5.66. The van der Waals surface area contributed by atoms with Gasteiger partial charge >= 0.3 is 0 Å². The van der Waals surface area contributed by atoms with Gasteiger partial charge in [-0.3, -0.25) is 0 Å². The molecule has 1 aliphatic heterocycles. The van der Waals surface area contributed by atoms with Crippen LogP contribution in [0, 0.1) is 0 Å². The number of sulfonamides is 1. The lowest BCUT2D eigenvalue weighted by atomic mass is 10.5. The highest BCUT2D eigenvalue weighted by Crippen LogP contribution is 2.13. The number of thiophene rings is 1. The number of nitrogens with one attached hydrogen (secondary N) is 2. The predicted octanol–water partition coefficient (Wildman–Crippen LogP) is 1.80. The molecule has 1 saturated heterocycles. The molecule has 0 radical (unpaired) electrons. The molecule has 2 heterocycles. The van der Waals surface area contributed by atoms with Gasteiger partial charge in [0, 0.05) is 42.6 Å². The van der Waals surface area contributed by atoms with Gasteiger partial charge in [0.25, 0.3) is 0 Å². The van der Waals surface area contributed by atoms with E-state index in [1.165, 1.54) is 4.88 Å². The van der Waals surface area contributed by atoms with Crippen molar-refractivity contribution in [3.05, 3.63) is 22.4 Å². The zero-order chi connectivity index (χ0) is 16.5. The number of halogens is 1. The Labute approximate surface area is 169 Å². The normalized spacial score (nSPS) is 16.5. The smallest absolute Gasteiger partial charge is 0.215 e. The topological polar surface area (TPSA) is 73.8 Å². The first-order valence-electron chi connectivity index (χ1n) is 7.72. The van der Waals surface area contributed by atoms with Gasteiger partial charge in [0.1, 0.15) is 0 Å². The van der Waals surface area contributed by atoms with Crippen molar-refractivity contribution in [2.24, 2.45) is 4.99 Å². The van der Waals surface area contributed by atoms with Crippen LogP contribution in [0.4, 0.5) is 0 Å². The second kappa shape index (κ2) is 11.6. The summed E-state index contributed by atoms with van der Waals surface area (Å²) in [6.45, 7) is 4.95. The van der Waals surface area contributed by atoms with Crippen LogP contribution in [-0.4, -0.2) is 62.1 Å². The standard InChI is InChI=1S/C14H24N4O2S3.HI/c1-2-15-14(17-12-13-4-3-8-22-13)16-5-11-23(19,20)18-6-9-21-10-7-18;/h3-4,8H,2,5-7,9-12H2,1H3,(H2,15,16,17);1H. The van der Waals surface area contributed by atoms with E-state index in [0.717, 1.165) is 18.1 Å². The Bertz CT molecular complexity index is 587. The lowest BCUT2D eigenvalue weighted by molar-refractivity contribution is 0.443. The number of thioether (sulfide) groups is 1. The van der Waals surface area contributed by atoms with E-state index in [2.05, 4.69) is 15.6 Å². The molecule has 1 aliphatic rings. The van der Waals surface area contributed by atoms with Crippen LogP contribution in [0.5, 0.6) is 0 Å². The Hall–Kier alpha value is -0.0400. The molecule has 138 valence electrons. The van der Waals surface area contributed by atoms with Crippen molar-refractivity contribution in [3.63, 3.8) is 0 Å². The molecule has 24 heavy (non-hydrogen) atoms. The number of rotatable bonds is 7. The average Bonchev–Trinajstić information content (AvgIpc) is 3.07. The molecule has 0 aliphatic carbocycles. The summed E-state index contributed by atoms with van der Waals surface area (Å²) in [5.74, 6) is 2.53. The number of guanidine groups is 1. The second-order valence-electron chi connectivity index (χ2n) is 5.03. The molecular formula is C14H25IN4O2S3. The number of hydrogen-bond donors (Lipinski definition) is 2. The summed E-state index contributed by atoms with van der Waals surface area (Å²) in [7, 11) is -3.18. The predicted molar refractivity (Wildman–Crippen MR) is 115 cm³/mol. The van der Waals surface area contributed by atoms with Crippen molar-refractivity contribution in [1.82, 2.24) is 14.9 Å². The first kappa shape index (κ1) is 22.0. The lowest BCUT2D eigenvalue weighted by Crippen LogP contribution is -2.44. The van der Waals surface area contributed by atoms with Gasteiger partial charge in [-0.25, -0.2) is 17.7 Å². The van der Waals surface area contributed by atoms with E-state index in [4.69, 9.17) is 0 Å². The fourth-order valence-electron chi connectivity index (χ4n) is 2.15. The fourth-order valence-corrected chi connectivity index (χ4v) is 5.27. The molecule has 1 aromatic rings. The van der Waals surface area contributed by atoms with Gasteiger partial charge in [-0.1, -0.05) is 6.07 Å². The molecule has 1 aromatic heterocycles. The van der Waals surface area contributed by atoms with E-state index >= 15 is 0 Å². The van der Waals surface area contributed by atoms with Crippen LogP contribution in [0.25, 0.3) is 0 Å². The summed E-state index contributed by atoms with van der Waals surface area (Å²) in [6, 6.07) is 4.04. The quantitative estimate of drug-likeness (QED) is 0.337. The van der Waals surface area contributed by atoms with Gasteiger partial charge in [0.2, 0.25) is 10.0 Å². The lowest BCUT2D eigenvalue weighted by Gasteiger charge is -2.25. The van der Waals surface area contributed by atoms with Crippen molar-refractivity contribution in [1.29, 1.82) is 0 Å². The maximum absolute atomic E-state index is 12.3. The fraction of sp³-hybridized carbons (Fsp3) is 0.643. The Balaban J connectivity index is 0.00000288. The van der Waals surface area contributed by atoms with Crippen molar-refractivity contribution >= 4 is 63.1 Å². The highest BCUT2D eigenvalue weighted by atomic mass is 127. The van der Waals surface area contributed by atoms with E-state index in [-0.39, 0.29) is 29.7 Å². The van der Waals surface area contributed by atoms with Crippen LogP contribution in [0.15, 0.2) is 22.5 Å². The molecule has 0 spiro atoms. The van der Waals surface area contributed by atoms with E-state index in [0.29, 0.717) is 32.1 Å². The van der Waals surface area contributed by atoms with Crippen LogP contribution < -0.4 is 10.6 Å². The minimum atomic E-state index is -3.18. The SMILES string of the molecule is CCNC(=NCc1cccs1)NCCS(=O)(=O)N1CCSCC1.I. The van der Waals surface area contributed by atoms with Crippen LogP contribution in [0.3, 0.4) is 0 Å². The molecular weight excluding hydrogens is 479 g/mol. The maximum Gasteiger partial charge on any atom is 0.215 e. The molecule has 0 unspecified atom stereocenters. The van der Waals surface area contributed by atoms with E-state index in [1.807, 2.05) is 24.4 Å². The van der Waals surface area contributed by atoms with Gasteiger partial charge in [0.05, 0.1) is 12.3 Å². The van der Waals surface area contributed by atoms with Crippen LogP contribution in [-0.2, 0) is 16.6 Å². The third-order valence-corrected chi connectivity index (χ3v) is 7.01. The Kier molecular flexibility index (Phi) is 10.6. The first-order chi connectivity index (χ1) is 11.1. The van der Waals surface area contributed by atoms with E-state index < -0.39 is 10.0 Å². The average molecular weight is 504 g/mol. The number of nitrogens with zero attached hydrogens (tertiary/aromatic N) is 2.